The Kier molecular flexibility index (Phi) is 12.0. The van der Waals surface area contributed by atoms with Crippen LogP contribution in [0.3, 0.4) is 0 Å². The Morgan fingerprint density at radius 2 is 2.29 bits per heavy atom. The van der Waals surface area contributed by atoms with Crippen LogP contribution in [0.25, 0.3) is 0 Å². The summed E-state index contributed by atoms with van der Waals surface area (Å²) in [4.78, 5) is 9.94. The quantitative estimate of drug-likeness (QED) is 0.448. The third-order valence-electron chi connectivity index (χ3n) is 0.374. The van der Waals surface area contributed by atoms with Crippen molar-refractivity contribution in [2.75, 3.05) is 6.54 Å². The maximum absolute atomic E-state index is 9.94. The Hall–Kier alpha value is 1.44. The number of rotatable bonds is 2. The van der Waals surface area contributed by atoms with Gasteiger partial charge < -0.3 is 5.32 Å². The van der Waals surface area contributed by atoms with E-state index in [1.54, 1.807) is 0 Å². The number of hydrogen-bond donors (Lipinski definition) is 1. The van der Waals surface area contributed by atoms with Crippen LogP contribution in [0, 0.1) is 7.05 Å². The molecule has 0 amide bonds. The van der Waals surface area contributed by atoms with Gasteiger partial charge in [0.1, 0.15) is 5.78 Å². The molecule has 0 saturated carbocycles. The Morgan fingerprint density at radius 3 is 2.29 bits per heavy atom. The standard InChI is InChI=1S/C4H8NO.Rb/c1-4(6)3-5-2;/h5H,2-3H2,1H3;/q-1;+1. The Labute approximate surface area is 92.8 Å². The minimum absolute atomic E-state index is 0. The first-order valence-corrected chi connectivity index (χ1v) is 1.76. The first-order valence-electron chi connectivity index (χ1n) is 1.76. The summed E-state index contributed by atoms with van der Waals surface area (Å²) in [5.41, 5.74) is 0. The minimum Gasteiger partial charge on any atom is -0.467 e. The Morgan fingerprint density at radius 1 is 1.86 bits per heavy atom. The average Bonchev–Trinajstić information content (AvgIpc) is 1.35. The molecule has 2 nitrogen and oxygen atoms in total. The van der Waals surface area contributed by atoms with Gasteiger partial charge in [0.2, 0.25) is 0 Å². The molecule has 0 spiro atoms. The second kappa shape index (κ2) is 7.44. The van der Waals surface area contributed by atoms with Gasteiger partial charge in [0.05, 0.1) is 0 Å². The van der Waals surface area contributed by atoms with E-state index >= 15 is 0 Å². The zero-order valence-corrected chi connectivity index (χ0v) is 9.74. The van der Waals surface area contributed by atoms with Gasteiger partial charge in [-0.2, -0.15) is 0 Å². The van der Waals surface area contributed by atoms with E-state index in [0.29, 0.717) is 6.54 Å². The smallest absolute Gasteiger partial charge is 0.467 e. The van der Waals surface area contributed by atoms with Gasteiger partial charge in [-0.15, -0.1) is 0 Å². The van der Waals surface area contributed by atoms with Gasteiger partial charge in [0.25, 0.3) is 0 Å². The fourth-order valence-electron chi connectivity index (χ4n) is 0.176. The van der Waals surface area contributed by atoms with E-state index in [0.717, 1.165) is 0 Å². The largest absolute Gasteiger partial charge is 1.00 e. The summed E-state index contributed by atoms with van der Waals surface area (Å²) in [6.45, 7) is 1.89. The number of carbonyl (C=O) groups is 1. The molecule has 0 saturated heterocycles. The van der Waals surface area contributed by atoms with Crippen LogP contribution in [-0.4, -0.2) is 12.3 Å². The molecule has 0 rings (SSSR count). The van der Waals surface area contributed by atoms with Gasteiger partial charge in [-0.1, -0.05) is 0 Å². The number of hydrogen-bond acceptors (Lipinski definition) is 2. The summed E-state index contributed by atoms with van der Waals surface area (Å²) in [7, 11) is 3.26. The van der Waals surface area contributed by atoms with Crippen LogP contribution in [0.2, 0.25) is 0 Å². The zero-order valence-electron chi connectivity index (χ0n) is 4.82. The monoisotopic (exact) mass is 171 g/mol. The molecule has 0 aromatic carbocycles. The van der Waals surface area contributed by atoms with Crippen LogP contribution >= 0.6 is 0 Å². The number of ketones is 1. The van der Waals surface area contributed by atoms with Crippen molar-refractivity contribution in [1.29, 1.82) is 0 Å². The van der Waals surface area contributed by atoms with Crippen LogP contribution in [0.4, 0.5) is 0 Å². The molecule has 36 valence electrons. The van der Waals surface area contributed by atoms with E-state index in [-0.39, 0.29) is 64.0 Å². The molecule has 0 fully saturated rings. The van der Waals surface area contributed by atoms with E-state index in [2.05, 4.69) is 12.4 Å². The molecule has 7 heavy (non-hydrogen) atoms. The predicted molar refractivity (Wildman–Crippen MR) is 24.0 cm³/mol. The van der Waals surface area contributed by atoms with Crippen LogP contribution in [0.5, 0.6) is 0 Å². The second-order valence-corrected chi connectivity index (χ2v) is 1.13. The van der Waals surface area contributed by atoms with Gasteiger partial charge in [0.15, 0.2) is 0 Å². The molecule has 3 heteroatoms. The maximum Gasteiger partial charge on any atom is 1.00 e. The second-order valence-electron chi connectivity index (χ2n) is 1.13. The molecule has 0 unspecified atom stereocenters. The van der Waals surface area contributed by atoms with E-state index in [9.17, 15) is 4.79 Å². The minimum atomic E-state index is 0. The van der Waals surface area contributed by atoms with E-state index in [4.69, 9.17) is 0 Å². The fourth-order valence-corrected chi connectivity index (χ4v) is 0.176. The topological polar surface area (TPSA) is 29.1 Å². The van der Waals surface area contributed by atoms with Crippen molar-refractivity contribution >= 4 is 5.78 Å². The van der Waals surface area contributed by atoms with Crippen molar-refractivity contribution < 1.29 is 63.0 Å². The number of Topliss-reactive ketones (excluding diaryl/α,β-unsaturated/α-hetero) is 1. The van der Waals surface area contributed by atoms with Crippen LogP contribution < -0.4 is 63.5 Å². The molecule has 0 aliphatic heterocycles. The fraction of sp³-hybridized carbons (Fsp3) is 0.500. The summed E-state index contributed by atoms with van der Waals surface area (Å²) in [5.74, 6) is 0.116. The molecule has 0 radical (unpaired) electrons. The molecule has 0 aromatic heterocycles. The van der Waals surface area contributed by atoms with E-state index < -0.39 is 0 Å². The summed E-state index contributed by atoms with van der Waals surface area (Å²) >= 11 is 0. The molecule has 0 aliphatic carbocycles. The number of nitrogens with one attached hydrogen (secondary N) is 1. The zero-order chi connectivity index (χ0) is 4.99. The maximum atomic E-state index is 9.94. The summed E-state index contributed by atoms with van der Waals surface area (Å²) in [6, 6.07) is 0. The van der Waals surface area contributed by atoms with E-state index in [1.807, 2.05) is 0 Å². The van der Waals surface area contributed by atoms with Crippen molar-refractivity contribution in [1.82, 2.24) is 5.32 Å². The van der Waals surface area contributed by atoms with Crippen LogP contribution in [-0.2, 0) is 4.79 Å². The van der Waals surface area contributed by atoms with Gasteiger partial charge in [0, 0.05) is 6.54 Å². The third kappa shape index (κ3) is 11.2. The summed E-state index contributed by atoms with van der Waals surface area (Å²) in [5, 5.41) is 2.47. The molecule has 0 aromatic rings. The van der Waals surface area contributed by atoms with Gasteiger partial charge >= 0.3 is 58.2 Å². The van der Waals surface area contributed by atoms with Gasteiger partial charge in [-0.05, 0) is 6.92 Å². The van der Waals surface area contributed by atoms with Crippen molar-refractivity contribution in [3.05, 3.63) is 7.05 Å². The summed E-state index contributed by atoms with van der Waals surface area (Å²) < 4.78 is 0. The van der Waals surface area contributed by atoms with Crippen molar-refractivity contribution in [2.24, 2.45) is 0 Å². The van der Waals surface area contributed by atoms with E-state index in [1.165, 1.54) is 6.92 Å². The molecule has 1 N–H and O–H groups in total. The first-order chi connectivity index (χ1) is 2.77. The molecule has 0 bridgehead atoms. The van der Waals surface area contributed by atoms with Crippen molar-refractivity contribution in [2.45, 2.75) is 6.92 Å². The summed E-state index contributed by atoms with van der Waals surface area (Å²) in [6.07, 6.45) is 0. The number of carbonyl (C=O) groups excluding carboxylic acids is 1. The SMILES string of the molecule is [CH2-]NCC(C)=O.[Rb+]. The van der Waals surface area contributed by atoms with Gasteiger partial charge in [-0.3, -0.25) is 11.8 Å². The molecular formula is C4H8NORb. The molecule has 0 heterocycles. The normalized spacial score (nSPS) is 7.14. The molecule has 0 atom stereocenters. The third-order valence-corrected chi connectivity index (χ3v) is 0.374. The Balaban J connectivity index is 0. The Bertz CT molecular complexity index is 55.7. The average molecular weight is 172 g/mol. The van der Waals surface area contributed by atoms with Gasteiger partial charge in [-0.25, -0.2) is 0 Å². The molecule has 0 aliphatic rings. The van der Waals surface area contributed by atoms with Crippen molar-refractivity contribution in [3.8, 4) is 0 Å². The van der Waals surface area contributed by atoms with Crippen molar-refractivity contribution in [3.63, 3.8) is 0 Å². The van der Waals surface area contributed by atoms with Crippen LogP contribution in [0.15, 0.2) is 0 Å². The van der Waals surface area contributed by atoms with Crippen LogP contribution in [0.1, 0.15) is 6.92 Å². The first kappa shape index (κ1) is 11.3. The predicted octanol–water partition coefficient (Wildman–Crippen LogP) is -3.04. The molecular weight excluding hydrogens is 164 g/mol.